The Balaban J connectivity index is 1.57. The summed E-state index contributed by atoms with van der Waals surface area (Å²) in [5.74, 6) is -0.205. The predicted octanol–water partition coefficient (Wildman–Crippen LogP) is 4.62. The van der Waals surface area contributed by atoms with Gasteiger partial charge in [0, 0.05) is 30.9 Å². The average Bonchev–Trinajstić information content (AvgIpc) is 3.22. The third-order valence-corrected chi connectivity index (χ3v) is 5.65. The molecular formula is C22H23F3N4O3. The van der Waals surface area contributed by atoms with Crippen LogP contribution in [0, 0.1) is 0 Å². The summed E-state index contributed by atoms with van der Waals surface area (Å²) in [7, 11) is 0. The Kier molecular flexibility index (Phi) is 6.03. The summed E-state index contributed by atoms with van der Waals surface area (Å²) in [6.45, 7) is 4.68. The maximum atomic E-state index is 13.7. The molecule has 1 aliphatic heterocycles. The van der Waals surface area contributed by atoms with Crippen LogP contribution in [-0.4, -0.2) is 45.6 Å². The normalized spacial score (nSPS) is 15.3. The fourth-order valence-corrected chi connectivity index (χ4v) is 4.04. The molecule has 4 heterocycles. The van der Waals surface area contributed by atoms with Gasteiger partial charge in [-0.25, -0.2) is 9.97 Å². The van der Waals surface area contributed by atoms with Crippen molar-refractivity contribution in [2.75, 3.05) is 19.7 Å². The number of aromatic nitrogens is 3. The van der Waals surface area contributed by atoms with Crippen molar-refractivity contribution in [2.24, 2.45) is 0 Å². The summed E-state index contributed by atoms with van der Waals surface area (Å²) in [5.41, 5.74) is 0.0588. The highest BCUT2D eigenvalue weighted by molar-refractivity contribution is 5.96. The molecule has 3 aromatic rings. The average molecular weight is 448 g/mol. The molecule has 7 nitrogen and oxygen atoms in total. The molecule has 1 aliphatic rings. The van der Waals surface area contributed by atoms with E-state index in [-0.39, 0.29) is 34.5 Å². The van der Waals surface area contributed by atoms with E-state index in [9.17, 15) is 18.0 Å². The molecule has 1 fully saturated rings. The number of nitrogens with zero attached hydrogens (tertiary/aromatic N) is 4. The number of aryl methyl sites for hydroxylation is 1. The van der Waals surface area contributed by atoms with E-state index in [4.69, 9.17) is 9.26 Å². The van der Waals surface area contributed by atoms with Gasteiger partial charge in [-0.15, -0.1) is 0 Å². The Labute approximate surface area is 182 Å². The third-order valence-electron chi connectivity index (χ3n) is 5.65. The van der Waals surface area contributed by atoms with Crippen molar-refractivity contribution in [1.29, 1.82) is 0 Å². The molecule has 10 heteroatoms. The van der Waals surface area contributed by atoms with Crippen LogP contribution < -0.4 is 4.74 Å². The van der Waals surface area contributed by atoms with Gasteiger partial charge in [0.15, 0.2) is 0 Å². The van der Waals surface area contributed by atoms with E-state index in [1.807, 2.05) is 6.92 Å². The number of rotatable bonds is 5. The second-order valence-electron chi connectivity index (χ2n) is 7.62. The second kappa shape index (κ2) is 8.76. The van der Waals surface area contributed by atoms with Gasteiger partial charge in [-0.3, -0.25) is 4.79 Å². The maximum Gasteiger partial charge on any atom is 0.417 e. The van der Waals surface area contributed by atoms with Crippen molar-refractivity contribution in [2.45, 2.75) is 45.2 Å². The number of carbonyl (C=O) groups is 1. The smallest absolute Gasteiger partial charge is 0.417 e. The zero-order chi connectivity index (χ0) is 22.9. The van der Waals surface area contributed by atoms with Crippen molar-refractivity contribution >= 4 is 17.0 Å². The lowest BCUT2D eigenvalue weighted by atomic mass is 9.90. The molecule has 4 rings (SSSR count). The fraction of sp³-hybridized carbons (Fsp3) is 0.455. The lowest BCUT2D eigenvalue weighted by Crippen LogP contribution is -2.38. The summed E-state index contributed by atoms with van der Waals surface area (Å²) < 4.78 is 51.9. The molecule has 0 bridgehead atoms. The molecule has 0 aliphatic carbocycles. The van der Waals surface area contributed by atoms with Gasteiger partial charge in [0.2, 0.25) is 5.88 Å². The quantitative estimate of drug-likeness (QED) is 0.567. The molecule has 170 valence electrons. The van der Waals surface area contributed by atoms with Crippen LogP contribution in [0.4, 0.5) is 13.2 Å². The molecule has 0 spiro atoms. The highest BCUT2D eigenvalue weighted by Crippen LogP contribution is 2.40. The van der Waals surface area contributed by atoms with Gasteiger partial charge in [-0.05, 0) is 44.4 Å². The summed E-state index contributed by atoms with van der Waals surface area (Å²) in [6, 6.07) is 4.39. The SMILES string of the molecule is CCOc1ncccc1C(=O)N1CCC(c2noc3nc(CC)cc(C(F)(F)F)c23)CC1. The van der Waals surface area contributed by atoms with Crippen LogP contribution in [0.15, 0.2) is 28.9 Å². The van der Waals surface area contributed by atoms with Gasteiger partial charge in [0.05, 0.1) is 23.3 Å². The van der Waals surface area contributed by atoms with E-state index in [2.05, 4.69) is 15.1 Å². The minimum Gasteiger partial charge on any atom is -0.477 e. The molecule has 0 aromatic carbocycles. The first kappa shape index (κ1) is 22.0. The van der Waals surface area contributed by atoms with Gasteiger partial charge in [-0.1, -0.05) is 12.1 Å². The van der Waals surface area contributed by atoms with Crippen molar-refractivity contribution in [3.05, 3.63) is 46.9 Å². The van der Waals surface area contributed by atoms with Crippen LogP contribution in [-0.2, 0) is 12.6 Å². The Morgan fingerprint density at radius 3 is 2.69 bits per heavy atom. The van der Waals surface area contributed by atoms with E-state index >= 15 is 0 Å². The summed E-state index contributed by atoms with van der Waals surface area (Å²) in [6.07, 6.45) is -1.71. The Hall–Kier alpha value is -3.17. The Morgan fingerprint density at radius 1 is 1.28 bits per heavy atom. The first-order chi connectivity index (χ1) is 15.3. The standard InChI is InChI=1S/C22H23F3N4O3/c1-3-14-12-16(22(23,24)25)17-18(28-32-20(17)27-14)13-7-10-29(11-8-13)21(30)15-6-5-9-26-19(15)31-4-2/h5-6,9,12-13H,3-4,7-8,10-11H2,1-2H3. The topological polar surface area (TPSA) is 81.4 Å². The number of piperidine rings is 1. The number of amides is 1. The minimum absolute atomic E-state index is 0.0784. The molecule has 0 radical (unpaired) electrons. The predicted molar refractivity (Wildman–Crippen MR) is 109 cm³/mol. The van der Waals surface area contributed by atoms with Crippen molar-refractivity contribution in [1.82, 2.24) is 20.0 Å². The third kappa shape index (κ3) is 4.13. The lowest BCUT2D eigenvalue weighted by molar-refractivity contribution is -0.136. The highest BCUT2D eigenvalue weighted by Gasteiger charge is 2.38. The van der Waals surface area contributed by atoms with Gasteiger partial charge >= 0.3 is 6.18 Å². The van der Waals surface area contributed by atoms with E-state index in [0.717, 1.165) is 6.07 Å². The fourth-order valence-electron chi connectivity index (χ4n) is 4.04. The van der Waals surface area contributed by atoms with Gasteiger partial charge in [-0.2, -0.15) is 13.2 Å². The molecule has 32 heavy (non-hydrogen) atoms. The number of ether oxygens (including phenoxy) is 1. The number of hydrogen-bond donors (Lipinski definition) is 0. The summed E-state index contributed by atoms with van der Waals surface area (Å²) in [5, 5.41) is 3.89. The van der Waals surface area contributed by atoms with E-state index in [1.165, 1.54) is 0 Å². The minimum atomic E-state index is -4.54. The zero-order valence-electron chi connectivity index (χ0n) is 17.8. The first-order valence-corrected chi connectivity index (χ1v) is 10.6. The number of halogens is 3. The van der Waals surface area contributed by atoms with Crippen LogP contribution >= 0.6 is 0 Å². The molecule has 0 unspecified atom stereocenters. The van der Waals surface area contributed by atoms with E-state index < -0.39 is 11.7 Å². The zero-order valence-corrected chi connectivity index (χ0v) is 17.8. The van der Waals surface area contributed by atoms with Gasteiger partial charge < -0.3 is 14.2 Å². The van der Waals surface area contributed by atoms with Crippen molar-refractivity contribution in [3.8, 4) is 5.88 Å². The van der Waals surface area contributed by atoms with Gasteiger partial charge in [0.25, 0.3) is 11.6 Å². The van der Waals surface area contributed by atoms with Crippen LogP contribution in [0.25, 0.3) is 11.1 Å². The van der Waals surface area contributed by atoms with Crippen LogP contribution in [0.3, 0.4) is 0 Å². The molecule has 1 saturated heterocycles. The molecule has 0 N–H and O–H groups in total. The molecule has 3 aromatic heterocycles. The number of carbonyl (C=O) groups excluding carboxylic acids is 1. The Bertz CT molecular complexity index is 1120. The maximum absolute atomic E-state index is 13.7. The van der Waals surface area contributed by atoms with E-state index in [0.29, 0.717) is 50.2 Å². The van der Waals surface area contributed by atoms with Crippen molar-refractivity contribution < 1.29 is 27.2 Å². The van der Waals surface area contributed by atoms with Crippen LogP contribution in [0.1, 0.15) is 59.9 Å². The van der Waals surface area contributed by atoms with Crippen LogP contribution in [0.2, 0.25) is 0 Å². The lowest BCUT2D eigenvalue weighted by Gasteiger charge is -2.31. The van der Waals surface area contributed by atoms with E-state index in [1.54, 1.807) is 30.2 Å². The summed E-state index contributed by atoms with van der Waals surface area (Å²) >= 11 is 0. The van der Waals surface area contributed by atoms with Crippen molar-refractivity contribution in [3.63, 3.8) is 0 Å². The second-order valence-corrected chi connectivity index (χ2v) is 7.62. The molecule has 0 atom stereocenters. The largest absolute Gasteiger partial charge is 0.477 e. The van der Waals surface area contributed by atoms with Crippen LogP contribution in [0.5, 0.6) is 5.88 Å². The Morgan fingerprint density at radius 2 is 2.03 bits per heavy atom. The summed E-state index contributed by atoms with van der Waals surface area (Å²) in [4.78, 5) is 22.9. The first-order valence-electron chi connectivity index (χ1n) is 10.6. The molecule has 1 amide bonds. The number of fused-ring (bicyclic) bond motifs is 1. The molecule has 0 saturated carbocycles. The number of likely N-dealkylation sites (tertiary alicyclic amines) is 1. The number of pyridine rings is 2. The van der Waals surface area contributed by atoms with Gasteiger partial charge in [0.1, 0.15) is 5.56 Å². The monoisotopic (exact) mass is 448 g/mol. The number of hydrogen-bond acceptors (Lipinski definition) is 6. The molecular weight excluding hydrogens is 425 g/mol. The number of alkyl halides is 3. The highest BCUT2D eigenvalue weighted by atomic mass is 19.4.